The summed E-state index contributed by atoms with van der Waals surface area (Å²) >= 11 is 1.28. The summed E-state index contributed by atoms with van der Waals surface area (Å²) in [6.45, 7) is 7.84. The van der Waals surface area contributed by atoms with E-state index in [4.69, 9.17) is 4.74 Å². The number of anilines is 1. The maximum absolute atomic E-state index is 12.1. The zero-order chi connectivity index (χ0) is 15.1. The minimum Gasteiger partial charge on any atom is -0.465 e. The van der Waals surface area contributed by atoms with Gasteiger partial charge in [-0.15, -0.1) is 11.8 Å². The van der Waals surface area contributed by atoms with Crippen molar-refractivity contribution in [3.63, 3.8) is 0 Å². The van der Waals surface area contributed by atoms with E-state index in [1.54, 1.807) is 13.8 Å². The van der Waals surface area contributed by atoms with Crippen molar-refractivity contribution in [1.82, 2.24) is 0 Å². The molecule has 1 rings (SSSR count). The predicted octanol–water partition coefficient (Wildman–Crippen LogP) is 2.93. The zero-order valence-electron chi connectivity index (χ0n) is 12.4. The second-order valence-electron chi connectivity index (χ2n) is 4.57. The lowest BCUT2D eigenvalue weighted by atomic mass is 10.1. The van der Waals surface area contributed by atoms with E-state index in [0.29, 0.717) is 6.61 Å². The minimum absolute atomic E-state index is 0.104. The van der Waals surface area contributed by atoms with E-state index in [2.05, 4.69) is 5.32 Å². The van der Waals surface area contributed by atoms with Crippen LogP contribution < -0.4 is 5.32 Å². The predicted molar refractivity (Wildman–Crippen MR) is 83.1 cm³/mol. The lowest BCUT2D eigenvalue weighted by molar-refractivity contribution is -0.139. The third-order valence-electron chi connectivity index (χ3n) is 2.78. The first-order chi connectivity index (χ1) is 9.43. The average molecular weight is 295 g/mol. The van der Waals surface area contributed by atoms with Gasteiger partial charge in [0, 0.05) is 5.69 Å². The molecule has 1 amide bonds. The van der Waals surface area contributed by atoms with Gasteiger partial charge in [0.15, 0.2) is 0 Å². The third kappa shape index (κ3) is 5.25. The number of hydrogen-bond acceptors (Lipinski definition) is 4. The van der Waals surface area contributed by atoms with E-state index in [1.807, 2.05) is 32.0 Å². The first-order valence-corrected chi connectivity index (χ1v) is 7.64. The number of amides is 1. The fourth-order valence-corrected chi connectivity index (χ4v) is 2.26. The molecule has 0 spiro atoms. The fraction of sp³-hybridized carbons (Fsp3) is 0.467. The fourth-order valence-electron chi connectivity index (χ4n) is 1.58. The maximum Gasteiger partial charge on any atom is 0.315 e. The van der Waals surface area contributed by atoms with Gasteiger partial charge in [-0.05, 0) is 44.9 Å². The van der Waals surface area contributed by atoms with Gasteiger partial charge in [0.1, 0.15) is 0 Å². The Kier molecular flexibility index (Phi) is 6.58. The number of rotatable bonds is 6. The number of benzene rings is 1. The van der Waals surface area contributed by atoms with Gasteiger partial charge in [-0.1, -0.05) is 12.1 Å². The smallest absolute Gasteiger partial charge is 0.315 e. The van der Waals surface area contributed by atoms with E-state index in [9.17, 15) is 9.59 Å². The van der Waals surface area contributed by atoms with Crippen LogP contribution in [0.25, 0.3) is 0 Å². The van der Waals surface area contributed by atoms with E-state index in [-0.39, 0.29) is 22.9 Å². The summed E-state index contributed by atoms with van der Waals surface area (Å²) in [7, 11) is 0. The molecule has 0 aliphatic carbocycles. The highest BCUT2D eigenvalue weighted by Gasteiger charge is 2.16. The Balaban J connectivity index is 2.53. The molecule has 0 aliphatic heterocycles. The molecule has 0 heterocycles. The number of ether oxygens (including phenoxy) is 1. The molecule has 0 fully saturated rings. The first-order valence-electron chi connectivity index (χ1n) is 6.59. The molecule has 1 aromatic rings. The van der Waals surface area contributed by atoms with Crippen LogP contribution >= 0.6 is 11.8 Å². The standard InChI is InChI=1S/C15H21NO3S/c1-5-19-14(17)9-20-12(4)15(18)16-13-8-10(2)6-7-11(13)3/h6-8,12H,5,9H2,1-4H3,(H,16,18). The molecule has 0 saturated heterocycles. The van der Waals surface area contributed by atoms with E-state index >= 15 is 0 Å². The van der Waals surface area contributed by atoms with Crippen LogP contribution in [-0.2, 0) is 14.3 Å². The molecule has 0 aliphatic rings. The van der Waals surface area contributed by atoms with Crippen molar-refractivity contribution in [2.24, 2.45) is 0 Å². The molecule has 5 heteroatoms. The molecular weight excluding hydrogens is 274 g/mol. The highest BCUT2D eigenvalue weighted by molar-refractivity contribution is 8.01. The lowest BCUT2D eigenvalue weighted by Gasteiger charge is -2.13. The van der Waals surface area contributed by atoms with Crippen molar-refractivity contribution in [2.75, 3.05) is 17.7 Å². The number of carbonyl (C=O) groups excluding carboxylic acids is 2. The molecule has 1 atom stereocenters. The van der Waals surface area contributed by atoms with Crippen LogP contribution in [0, 0.1) is 13.8 Å². The summed E-state index contributed by atoms with van der Waals surface area (Å²) in [5, 5.41) is 2.59. The Morgan fingerprint density at radius 1 is 1.35 bits per heavy atom. The number of nitrogens with one attached hydrogen (secondary N) is 1. The second kappa shape index (κ2) is 7.94. The Bertz CT molecular complexity index is 488. The lowest BCUT2D eigenvalue weighted by Crippen LogP contribution is -2.24. The van der Waals surface area contributed by atoms with Crippen molar-refractivity contribution in [2.45, 2.75) is 32.9 Å². The van der Waals surface area contributed by atoms with Crippen LogP contribution in [0.15, 0.2) is 18.2 Å². The first kappa shape index (κ1) is 16.6. The number of hydrogen-bond donors (Lipinski definition) is 1. The van der Waals surface area contributed by atoms with Crippen molar-refractivity contribution in [3.05, 3.63) is 29.3 Å². The molecule has 0 bridgehead atoms. The summed E-state index contributed by atoms with van der Waals surface area (Å²) in [5.74, 6) is -0.202. The number of carbonyl (C=O) groups is 2. The monoisotopic (exact) mass is 295 g/mol. The molecule has 1 N–H and O–H groups in total. The largest absolute Gasteiger partial charge is 0.465 e. The topological polar surface area (TPSA) is 55.4 Å². The summed E-state index contributed by atoms with van der Waals surface area (Å²) in [6.07, 6.45) is 0. The molecule has 0 radical (unpaired) electrons. The van der Waals surface area contributed by atoms with Crippen LogP contribution in [0.3, 0.4) is 0 Å². The van der Waals surface area contributed by atoms with Gasteiger partial charge in [0.2, 0.25) is 5.91 Å². The van der Waals surface area contributed by atoms with Gasteiger partial charge in [-0.3, -0.25) is 9.59 Å². The van der Waals surface area contributed by atoms with Crippen LogP contribution in [-0.4, -0.2) is 29.5 Å². The Morgan fingerprint density at radius 2 is 2.05 bits per heavy atom. The maximum atomic E-state index is 12.1. The molecule has 4 nitrogen and oxygen atoms in total. The van der Waals surface area contributed by atoms with Crippen molar-refractivity contribution < 1.29 is 14.3 Å². The molecule has 1 unspecified atom stereocenters. The highest BCUT2D eigenvalue weighted by Crippen LogP contribution is 2.19. The molecule has 0 saturated carbocycles. The zero-order valence-corrected chi connectivity index (χ0v) is 13.2. The number of esters is 1. The molecule has 20 heavy (non-hydrogen) atoms. The Hall–Kier alpha value is -1.49. The SMILES string of the molecule is CCOC(=O)CSC(C)C(=O)Nc1cc(C)ccc1C. The van der Waals surface area contributed by atoms with Gasteiger partial charge < -0.3 is 10.1 Å². The molecule has 110 valence electrons. The highest BCUT2D eigenvalue weighted by atomic mass is 32.2. The molecule has 0 aromatic heterocycles. The number of thioether (sulfide) groups is 1. The van der Waals surface area contributed by atoms with E-state index in [1.165, 1.54) is 11.8 Å². The van der Waals surface area contributed by atoms with Crippen molar-refractivity contribution in [3.8, 4) is 0 Å². The summed E-state index contributed by atoms with van der Waals surface area (Å²) in [4.78, 5) is 23.3. The average Bonchev–Trinajstić information content (AvgIpc) is 2.40. The van der Waals surface area contributed by atoms with Crippen molar-refractivity contribution >= 4 is 29.3 Å². The Labute approximate surface area is 124 Å². The normalized spacial score (nSPS) is 11.8. The summed E-state index contributed by atoms with van der Waals surface area (Å²) in [5.41, 5.74) is 2.93. The quantitative estimate of drug-likeness (QED) is 0.820. The van der Waals surface area contributed by atoms with Crippen LogP contribution in [0.4, 0.5) is 5.69 Å². The van der Waals surface area contributed by atoms with Crippen LogP contribution in [0.2, 0.25) is 0 Å². The minimum atomic E-state index is -0.306. The van der Waals surface area contributed by atoms with Gasteiger partial charge >= 0.3 is 5.97 Å². The molecular formula is C15H21NO3S. The van der Waals surface area contributed by atoms with Gasteiger partial charge in [-0.2, -0.15) is 0 Å². The van der Waals surface area contributed by atoms with Gasteiger partial charge in [-0.25, -0.2) is 0 Å². The van der Waals surface area contributed by atoms with Crippen LogP contribution in [0.5, 0.6) is 0 Å². The van der Waals surface area contributed by atoms with Crippen molar-refractivity contribution in [1.29, 1.82) is 0 Å². The molecule has 1 aromatic carbocycles. The summed E-state index contributed by atoms with van der Waals surface area (Å²) < 4.78 is 4.83. The van der Waals surface area contributed by atoms with E-state index in [0.717, 1.165) is 16.8 Å². The Morgan fingerprint density at radius 3 is 2.70 bits per heavy atom. The van der Waals surface area contributed by atoms with E-state index < -0.39 is 0 Å². The summed E-state index contributed by atoms with van der Waals surface area (Å²) in [6, 6.07) is 5.92. The number of aryl methyl sites for hydroxylation is 2. The van der Waals surface area contributed by atoms with Gasteiger partial charge in [0.25, 0.3) is 0 Å². The second-order valence-corrected chi connectivity index (χ2v) is 5.89. The van der Waals surface area contributed by atoms with Crippen LogP contribution in [0.1, 0.15) is 25.0 Å². The third-order valence-corrected chi connectivity index (χ3v) is 3.89. The van der Waals surface area contributed by atoms with Gasteiger partial charge in [0.05, 0.1) is 17.6 Å².